The number of amides is 1. The number of hydrogen-bond acceptors (Lipinski definition) is 5. The summed E-state index contributed by atoms with van der Waals surface area (Å²) in [6, 6.07) is 9.24. The number of carbonyl (C=O) groups is 1. The van der Waals surface area contributed by atoms with E-state index in [0.717, 1.165) is 16.9 Å². The number of rotatable bonds is 6. The zero-order chi connectivity index (χ0) is 16.1. The molecule has 0 aliphatic heterocycles. The van der Waals surface area contributed by atoms with Crippen LogP contribution >= 0.6 is 0 Å². The van der Waals surface area contributed by atoms with Crippen LogP contribution in [0.25, 0.3) is 11.1 Å². The molecule has 0 radical (unpaired) electrons. The number of nitrogens with zero attached hydrogens (tertiary/aromatic N) is 3. The molecule has 3 aromatic rings. The Morgan fingerprint density at radius 1 is 1.35 bits per heavy atom. The Hall–Kier alpha value is -3.09. The van der Waals surface area contributed by atoms with E-state index in [4.69, 9.17) is 9.26 Å². The first-order chi connectivity index (χ1) is 11.2. The molecule has 1 N–H and O–H groups in total. The lowest BCUT2D eigenvalue weighted by Gasteiger charge is -2.08. The van der Waals surface area contributed by atoms with Crippen molar-refractivity contribution < 1.29 is 14.1 Å². The Labute approximate surface area is 132 Å². The van der Waals surface area contributed by atoms with E-state index in [9.17, 15) is 4.79 Å². The van der Waals surface area contributed by atoms with E-state index in [2.05, 4.69) is 15.6 Å². The molecular formula is C16H16N4O3. The number of aryl methyl sites for hydroxylation is 1. The van der Waals surface area contributed by atoms with Gasteiger partial charge in [-0.05, 0) is 17.7 Å². The number of ether oxygens (including phenoxy) is 1. The van der Waals surface area contributed by atoms with Gasteiger partial charge in [0.25, 0.3) is 5.91 Å². The largest absolute Gasteiger partial charge is 0.492 e. The highest BCUT2D eigenvalue weighted by atomic mass is 16.5. The van der Waals surface area contributed by atoms with Gasteiger partial charge in [0.05, 0.1) is 18.9 Å². The van der Waals surface area contributed by atoms with E-state index in [-0.39, 0.29) is 11.7 Å². The lowest BCUT2D eigenvalue weighted by atomic mass is 10.1. The van der Waals surface area contributed by atoms with Crippen molar-refractivity contribution in [3.05, 3.63) is 54.7 Å². The van der Waals surface area contributed by atoms with Crippen LogP contribution in [-0.2, 0) is 7.05 Å². The van der Waals surface area contributed by atoms with Gasteiger partial charge in [0.1, 0.15) is 12.4 Å². The maximum absolute atomic E-state index is 11.6. The van der Waals surface area contributed by atoms with Crippen LogP contribution in [0.1, 0.15) is 10.6 Å². The van der Waals surface area contributed by atoms with E-state index >= 15 is 0 Å². The Morgan fingerprint density at radius 3 is 3.00 bits per heavy atom. The maximum Gasteiger partial charge on any atom is 0.290 e. The highest BCUT2D eigenvalue weighted by Gasteiger charge is 2.08. The molecule has 3 rings (SSSR count). The smallest absolute Gasteiger partial charge is 0.290 e. The summed E-state index contributed by atoms with van der Waals surface area (Å²) in [5, 5.41) is 10.3. The molecule has 1 amide bonds. The minimum absolute atomic E-state index is 0.184. The Kier molecular flexibility index (Phi) is 4.37. The van der Waals surface area contributed by atoms with Gasteiger partial charge in [-0.2, -0.15) is 5.10 Å². The Balaban J connectivity index is 1.52. The van der Waals surface area contributed by atoms with Crippen LogP contribution in [-0.4, -0.2) is 34.0 Å². The van der Waals surface area contributed by atoms with Gasteiger partial charge in [-0.1, -0.05) is 17.3 Å². The highest BCUT2D eigenvalue weighted by molar-refractivity contribution is 5.91. The lowest BCUT2D eigenvalue weighted by molar-refractivity contribution is 0.0910. The molecule has 1 aromatic carbocycles. The SMILES string of the molecule is Cn1cc(-c2cccc(OCCNC(=O)c3ccno3)c2)cn1. The second-order valence-electron chi connectivity index (χ2n) is 4.91. The van der Waals surface area contributed by atoms with E-state index in [1.54, 1.807) is 10.9 Å². The molecule has 23 heavy (non-hydrogen) atoms. The summed E-state index contributed by atoms with van der Waals surface area (Å²) >= 11 is 0. The monoisotopic (exact) mass is 312 g/mol. The average molecular weight is 312 g/mol. The van der Waals surface area contributed by atoms with Gasteiger partial charge in [-0.3, -0.25) is 9.48 Å². The fraction of sp³-hybridized carbons (Fsp3) is 0.188. The molecule has 2 aromatic heterocycles. The second kappa shape index (κ2) is 6.78. The summed E-state index contributed by atoms with van der Waals surface area (Å²) < 4.78 is 12.2. The van der Waals surface area contributed by atoms with Crippen LogP contribution in [0.3, 0.4) is 0 Å². The van der Waals surface area contributed by atoms with Gasteiger partial charge in [0.2, 0.25) is 5.76 Å². The van der Waals surface area contributed by atoms with Crippen LogP contribution in [0.15, 0.2) is 53.4 Å². The van der Waals surface area contributed by atoms with Gasteiger partial charge < -0.3 is 14.6 Å². The summed E-state index contributed by atoms with van der Waals surface area (Å²) in [4.78, 5) is 11.6. The predicted octanol–water partition coefficient (Wildman–Crippen LogP) is 1.88. The first kappa shape index (κ1) is 14.8. The van der Waals surface area contributed by atoms with Crippen LogP contribution in [0.2, 0.25) is 0 Å². The summed E-state index contributed by atoms with van der Waals surface area (Å²) in [7, 11) is 1.88. The molecule has 0 atom stereocenters. The van der Waals surface area contributed by atoms with Crippen LogP contribution < -0.4 is 10.1 Å². The van der Waals surface area contributed by atoms with Crippen LogP contribution in [0.5, 0.6) is 5.75 Å². The van der Waals surface area contributed by atoms with Crippen molar-refractivity contribution >= 4 is 5.91 Å². The molecule has 0 spiro atoms. The molecule has 2 heterocycles. The summed E-state index contributed by atoms with van der Waals surface area (Å²) in [5.41, 5.74) is 2.05. The van der Waals surface area contributed by atoms with Gasteiger partial charge >= 0.3 is 0 Å². The highest BCUT2D eigenvalue weighted by Crippen LogP contribution is 2.23. The van der Waals surface area contributed by atoms with Crippen molar-refractivity contribution in [2.24, 2.45) is 7.05 Å². The second-order valence-corrected chi connectivity index (χ2v) is 4.91. The molecular weight excluding hydrogens is 296 g/mol. The van der Waals surface area contributed by atoms with Crippen LogP contribution in [0, 0.1) is 0 Å². The Bertz CT molecular complexity index is 780. The van der Waals surface area contributed by atoms with Crippen molar-refractivity contribution in [2.75, 3.05) is 13.2 Å². The third-order valence-corrected chi connectivity index (χ3v) is 3.19. The van der Waals surface area contributed by atoms with Gasteiger partial charge in [0.15, 0.2) is 0 Å². The quantitative estimate of drug-likeness (QED) is 0.703. The van der Waals surface area contributed by atoms with E-state index in [1.807, 2.05) is 37.5 Å². The standard InChI is InChI=1S/C16H16N4O3/c1-20-11-13(10-18-20)12-3-2-4-14(9-12)22-8-7-17-16(21)15-5-6-19-23-15/h2-6,9-11H,7-8H2,1H3,(H,17,21). The minimum Gasteiger partial charge on any atom is -0.492 e. The van der Waals surface area contributed by atoms with Crippen molar-refractivity contribution in [3.8, 4) is 16.9 Å². The van der Waals surface area contributed by atoms with Crippen LogP contribution in [0.4, 0.5) is 0 Å². The maximum atomic E-state index is 11.6. The zero-order valence-corrected chi connectivity index (χ0v) is 12.6. The number of hydrogen-bond donors (Lipinski definition) is 1. The predicted molar refractivity (Wildman–Crippen MR) is 83.0 cm³/mol. The van der Waals surface area contributed by atoms with E-state index in [1.165, 1.54) is 12.3 Å². The zero-order valence-electron chi connectivity index (χ0n) is 12.6. The molecule has 7 nitrogen and oxygen atoms in total. The summed E-state index contributed by atoms with van der Waals surface area (Å²) in [6.07, 6.45) is 5.17. The lowest BCUT2D eigenvalue weighted by Crippen LogP contribution is -2.27. The van der Waals surface area contributed by atoms with E-state index < -0.39 is 0 Å². The molecule has 0 aliphatic rings. The van der Waals surface area contributed by atoms with Gasteiger partial charge in [0, 0.05) is 24.9 Å². The molecule has 0 saturated carbocycles. The molecule has 0 unspecified atom stereocenters. The fourth-order valence-electron chi connectivity index (χ4n) is 2.09. The third-order valence-electron chi connectivity index (χ3n) is 3.19. The van der Waals surface area contributed by atoms with Crippen molar-refractivity contribution in [1.29, 1.82) is 0 Å². The normalized spacial score (nSPS) is 10.5. The Morgan fingerprint density at radius 2 is 2.26 bits per heavy atom. The number of carbonyl (C=O) groups excluding carboxylic acids is 1. The fourth-order valence-corrected chi connectivity index (χ4v) is 2.09. The number of nitrogens with one attached hydrogen (secondary N) is 1. The molecule has 0 saturated heterocycles. The van der Waals surface area contributed by atoms with E-state index in [0.29, 0.717) is 13.2 Å². The van der Waals surface area contributed by atoms with Crippen molar-refractivity contribution in [1.82, 2.24) is 20.3 Å². The first-order valence-electron chi connectivity index (χ1n) is 7.13. The third kappa shape index (κ3) is 3.76. The molecule has 0 fully saturated rings. The molecule has 7 heteroatoms. The number of aromatic nitrogens is 3. The van der Waals surface area contributed by atoms with Crippen molar-refractivity contribution in [2.45, 2.75) is 0 Å². The molecule has 0 aliphatic carbocycles. The van der Waals surface area contributed by atoms with Crippen molar-refractivity contribution in [3.63, 3.8) is 0 Å². The minimum atomic E-state index is -0.310. The molecule has 118 valence electrons. The number of benzene rings is 1. The van der Waals surface area contributed by atoms with Gasteiger partial charge in [-0.15, -0.1) is 0 Å². The topological polar surface area (TPSA) is 82.2 Å². The first-order valence-corrected chi connectivity index (χ1v) is 7.13. The van der Waals surface area contributed by atoms with Gasteiger partial charge in [-0.25, -0.2) is 0 Å². The average Bonchev–Trinajstić information content (AvgIpc) is 3.23. The summed E-state index contributed by atoms with van der Waals surface area (Å²) in [6.45, 7) is 0.729. The molecule has 0 bridgehead atoms. The summed E-state index contributed by atoms with van der Waals surface area (Å²) in [5.74, 6) is 0.610.